The summed E-state index contributed by atoms with van der Waals surface area (Å²) in [5.41, 5.74) is 17.9. The number of nitrogens with zero attached hydrogens (tertiary/aromatic N) is 1. The van der Waals surface area contributed by atoms with Crippen LogP contribution in [0.4, 0.5) is 0 Å². The van der Waals surface area contributed by atoms with Gasteiger partial charge in [0.1, 0.15) is 17.6 Å². The molecule has 0 saturated carbocycles. The summed E-state index contributed by atoms with van der Waals surface area (Å²) in [7, 11) is -4.57. The lowest BCUT2D eigenvalue weighted by Crippen LogP contribution is -2.40. The molecule has 272 valence electrons. The van der Waals surface area contributed by atoms with Crippen molar-refractivity contribution in [3.8, 4) is 23.3 Å². The highest BCUT2D eigenvalue weighted by Crippen LogP contribution is 2.55. The van der Waals surface area contributed by atoms with Crippen LogP contribution in [0.25, 0.3) is 0 Å². The van der Waals surface area contributed by atoms with Gasteiger partial charge in [0.15, 0.2) is 5.96 Å². The molecule has 10 atom stereocenters. The van der Waals surface area contributed by atoms with E-state index in [1.54, 1.807) is 12.1 Å². The van der Waals surface area contributed by atoms with Crippen LogP contribution in [0.3, 0.4) is 0 Å². The van der Waals surface area contributed by atoms with Gasteiger partial charge in [-0.05, 0) is 102 Å². The minimum Gasteiger partial charge on any atom is -0.508 e. The first kappa shape index (κ1) is 34.7. The fourth-order valence-corrected chi connectivity index (χ4v) is 10.7. The quantitative estimate of drug-likeness (QED) is 0.0756. The Morgan fingerprint density at radius 1 is 1.02 bits per heavy atom. The molecule has 5 aliphatic heterocycles. The number of aliphatic hydroxyl groups is 1. The molecule has 7 aliphatic rings. The standard InChI is InChI=1S/C41H45N3O7S/c1-22-5-6-26-17-31-12-14-32(26)34(22)20-37(52(47,48)49)35-18-29-15-28(38(35)23-7-9-24(10-8-23)40(50-31)44-41(42)43)19-36-27(21-45)4-2-3-25-16-30(46)11-13-33(25)39(29)51-36/h7-14,16-18,22,27-28,34-40,45-46H,4-6,15,19-21H2,1H3,(H4,42,43,44)(H,47,48,49)/t22-,27+,28+,34-,35-,36-,37+,38-,39+,40+/m0/s1. The number of aryl methyl sites for hydroxylation is 1. The molecule has 10 bridgehead atoms. The second-order valence-corrected chi connectivity index (χ2v) is 16.9. The Bertz CT molecular complexity index is 2100. The molecular formula is C41H45N3O7S. The molecule has 2 aliphatic carbocycles. The number of nitrogens with two attached hydrogens (primary N) is 2. The molecule has 11 heteroatoms. The molecule has 0 radical (unpaired) electrons. The number of fused-ring (bicyclic) bond motifs is 9. The van der Waals surface area contributed by atoms with E-state index in [-0.39, 0.29) is 60.4 Å². The molecule has 7 N–H and O–H groups in total. The topological polar surface area (TPSA) is 178 Å². The van der Waals surface area contributed by atoms with Crippen LogP contribution >= 0.6 is 0 Å². The monoisotopic (exact) mass is 723 g/mol. The molecule has 1 fully saturated rings. The summed E-state index contributed by atoms with van der Waals surface area (Å²) in [5.74, 6) is 5.79. The molecule has 0 spiro atoms. The minimum absolute atomic E-state index is 0.0873. The first-order valence-corrected chi connectivity index (χ1v) is 19.7. The summed E-state index contributed by atoms with van der Waals surface area (Å²) in [4.78, 5) is 4.42. The van der Waals surface area contributed by atoms with Crippen molar-refractivity contribution in [3.63, 3.8) is 0 Å². The second kappa shape index (κ2) is 13.6. The minimum atomic E-state index is -4.57. The number of phenols is 1. The predicted octanol–water partition coefficient (Wildman–Crippen LogP) is 5.61. The summed E-state index contributed by atoms with van der Waals surface area (Å²) in [6.07, 6.45) is 3.80. The Labute approximate surface area is 304 Å². The zero-order valence-electron chi connectivity index (χ0n) is 29.1. The number of hydrogen-bond acceptors (Lipinski definition) is 7. The molecular weight excluding hydrogens is 679 g/mol. The highest BCUT2D eigenvalue weighted by molar-refractivity contribution is 7.86. The third-order valence-electron chi connectivity index (χ3n) is 12.2. The summed E-state index contributed by atoms with van der Waals surface area (Å²) in [6.45, 7) is 2.04. The van der Waals surface area contributed by atoms with Crippen molar-refractivity contribution < 1.29 is 32.7 Å². The fourth-order valence-electron chi connectivity index (χ4n) is 9.61. The van der Waals surface area contributed by atoms with Gasteiger partial charge in [-0.15, -0.1) is 0 Å². The Morgan fingerprint density at radius 2 is 1.79 bits per heavy atom. The van der Waals surface area contributed by atoms with Crippen LogP contribution < -0.4 is 16.2 Å². The van der Waals surface area contributed by atoms with Gasteiger partial charge < -0.3 is 31.2 Å². The van der Waals surface area contributed by atoms with Gasteiger partial charge in [0, 0.05) is 41.6 Å². The highest BCUT2D eigenvalue weighted by Gasteiger charge is 2.49. The van der Waals surface area contributed by atoms with Crippen LogP contribution in [-0.4, -0.2) is 47.1 Å². The zero-order valence-corrected chi connectivity index (χ0v) is 29.9. The molecule has 0 aromatic heterocycles. The number of aliphatic hydroxyl groups excluding tert-OH is 1. The van der Waals surface area contributed by atoms with E-state index in [2.05, 4.69) is 29.8 Å². The number of allylic oxidation sites excluding steroid dienone is 1. The molecule has 3 aromatic carbocycles. The summed E-state index contributed by atoms with van der Waals surface area (Å²) in [6, 6.07) is 18.8. The Morgan fingerprint density at radius 3 is 2.54 bits per heavy atom. The fraction of sp³-hybridized carbons (Fsp3) is 0.439. The van der Waals surface area contributed by atoms with Gasteiger partial charge in [-0.3, -0.25) is 4.55 Å². The molecule has 10 rings (SSSR count). The third kappa shape index (κ3) is 6.47. The molecule has 10 nitrogen and oxygen atoms in total. The molecule has 1 saturated heterocycles. The van der Waals surface area contributed by atoms with Gasteiger partial charge >= 0.3 is 0 Å². The SMILES string of the molecule is C[C@H]1CCc2cc3ccc2[C@H]1C[C@@H](S(=O)(=O)O)[C@@H]1C=C2C[C@H](C[C@@H]4O[C@H]2c2ccc(O)cc2C#CC[C@@H]4CO)[C@@H]1c1ccc(cc1)[C@H](N=C(N)N)O3. The van der Waals surface area contributed by atoms with Gasteiger partial charge in [0.2, 0.25) is 6.23 Å². The van der Waals surface area contributed by atoms with Crippen LogP contribution in [0.5, 0.6) is 11.5 Å². The van der Waals surface area contributed by atoms with Crippen molar-refractivity contribution in [2.75, 3.05) is 6.61 Å². The first-order chi connectivity index (χ1) is 25.0. The number of aliphatic imine (C=N–C) groups is 1. The highest BCUT2D eigenvalue weighted by atomic mass is 32.2. The number of hydrogen-bond donors (Lipinski definition) is 5. The van der Waals surface area contributed by atoms with Crippen LogP contribution in [0, 0.1) is 35.5 Å². The maximum Gasteiger partial charge on any atom is 0.268 e. The molecule has 52 heavy (non-hydrogen) atoms. The van der Waals surface area contributed by atoms with E-state index in [1.807, 2.05) is 48.5 Å². The van der Waals surface area contributed by atoms with E-state index in [4.69, 9.17) is 20.9 Å². The average molecular weight is 724 g/mol. The van der Waals surface area contributed by atoms with Gasteiger partial charge in [-0.25, -0.2) is 4.99 Å². The van der Waals surface area contributed by atoms with Crippen molar-refractivity contribution in [1.82, 2.24) is 0 Å². The van der Waals surface area contributed by atoms with Gasteiger partial charge in [0.25, 0.3) is 10.1 Å². The van der Waals surface area contributed by atoms with E-state index >= 15 is 0 Å². The lowest BCUT2D eigenvalue weighted by atomic mass is 9.64. The summed E-state index contributed by atoms with van der Waals surface area (Å²) >= 11 is 0. The van der Waals surface area contributed by atoms with Gasteiger partial charge in [-0.1, -0.05) is 61.2 Å². The largest absolute Gasteiger partial charge is 0.508 e. The molecule has 3 aromatic rings. The maximum atomic E-state index is 13.8. The average Bonchev–Trinajstić information content (AvgIpc) is 3.20. The van der Waals surface area contributed by atoms with E-state index in [1.165, 1.54) is 0 Å². The normalized spacial score (nSPS) is 31.9. The number of guanidine groups is 1. The summed E-state index contributed by atoms with van der Waals surface area (Å²) in [5, 5.41) is 19.9. The Hall–Kier alpha value is -4.34. The Balaban J connectivity index is 1.35. The molecule has 0 amide bonds. The lowest BCUT2D eigenvalue weighted by molar-refractivity contribution is -0.0416. The summed E-state index contributed by atoms with van der Waals surface area (Å²) < 4.78 is 52.3. The molecule has 0 unspecified atom stereocenters. The van der Waals surface area contributed by atoms with Crippen molar-refractivity contribution >= 4 is 16.1 Å². The number of ether oxygens (including phenoxy) is 2. The first-order valence-electron chi connectivity index (χ1n) is 18.2. The van der Waals surface area contributed by atoms with Crippen LogP contribution in [0.1, 0.15) is 96.6 Å². The van der Waals surface area contributed by atoms with Crippen molar-refractivity contribution in [2.45, 2.75) is 81.0 Å². The van der Waals surface area contributed by atoms with Crippen LogP contribution in [0.2, 0.25) is 0 Å². The number of rotatable bonds is 3. The van der Waals surface area contributed by atoms with Crippen molar-refractivity contribution in [1.29, 1.82) is 0 Å². The number of benzene rings is 3. The zero-order chi connectivity index (χ0) is 36.3. The van der Waals surface area contributed by atoms with E-state index in [0.717, 1.165) is 46.2 Å². The van der Waals surface area contributed by atoms with Gasteiger partial charge in [-0.2, -0.15) is 8.42 Å². The lowest BCUT2D eigenvalue weighted by Gasteiger charge is -2.42. The van der Waals surface area contributed by atoms with E-state index < -0.39 is 33.6 Å². The maximum absolute atomic E-state index is 13.8. The van der Waals surface area contributed by atoms with Crippen molar-refractivity contribution in [2.24, 2.45) is 40.1 Å². The van der Waals surface area contributed by atoms with E-state index in [0.29, 0.717) is 30.6 Å². The molecule has 5 heterocycles. The number of aromatic hydroxyl groups is 1. The predicted molar refractivity (Wildman–Crippen MR) is 197 cm³/mol. The van der Waals surface area contributed by atoms with E-state index in [9.17, 15) is 23.2 Å². The Kier molecular flexibility index (Phi) is 9.06. The van der Waals surface area contributed by atoms with Crippen molar-refractivity contribution in [3.05, 3.63) is 106 Å². The third-order valence-corrected chi connectivity index (χ3v) is 13.4. The van der Waals surface area contributed by atoms with Crippen LogP contribution in [-0.2, 0) is 21.3 Å². The van der Waals surface area contributed by atoms with Crippen LogP contribution in [0.15, 0.2) is 77.3 Å². The van der Waals surface area contributed by atoms with Gasteiger partial charge in [0.05, 0.1) is 11.4 Å². The number of phenolic OH excluding ortho intramolecular Hbond substituents is 1. The second-order valence-electron chi connectivity index (χ2n) is 15.3. The smallest absolute Gasteiger partial charge is 0.268 e.